The van der Waals surface area contributed by atoms with E-state index in [1.165, 1.54) is 11.8 Å². The van der Waals surface area contributed by atoms with E-state index in [9.17, 15) is 9.90 Å². The van der Waals surface area contributed by atoms with E-state index in [4.69, 9.17) is 11.6 Å². The molecular weight excluding hydrogens is 322 g/mol. The van der Waals surface area contributed by atoms with Crippen LogP contribution in [0.25, 0.3) is 0 Å². The second-order valence-corrected chi connectivity index (χ2v) is 5.96. The summed E-state index contributed by atoms with van der Waals surface area (Å²) in [6, 6.07) is 7.62. The van der Waals surface area contributed by atoms with E-state index in [1.807, 2.05) is 31.2 Å². The third-order valence-electron chi connectivity index (χ3n) is 3.05. The van der Waals surface area contributed by atoms with Gasteiger partial charge in [0.1, 0.15) is 6.54 Å². The molecule has 0 atom stereocenters. The van der Waals surface area contributed by atoms with Gasteiger partial charge < -0.3 is 15.0 Å². The van der Waals surface area contributed by atoms with Gasteiger partial charge >= 0.3 is 0 Å². The number of thioether (sulfide) groups is 1. The van der Waals surface area contributed by atoms with Crippen LogP contribution in [0.2, 0.25) is 5.02 Å². The Morgan fingerprint density at radius 2 is 2.23 bits per heavy atom. The summed E-state index contributed by atoms with van der Waals surface area (Å²) in [6.45, 7) is 2.43. The van der Waals surface area contributed by atoms with Crippen LogP contribution in [-0.4, -0.2) is 27.1 Å². The van der Waals surface area contributed by atoms with Crippen molar-refractivity contribution in [1.82, 2.24) is 14.9 Å². The molecule has 0 aliphatic rings. The van der Waals surface area contributed by atoms with Crippen LogP contribution in [0.15, 0.2) is 35.6 Å². The molecule has 0 aliphatic carbocycles. The lowest BCUT2D eigenvalue weighted by Crippen LogP contribution is -2.28. The third-order valence-corrected chi connectivity index (χ3v) is 4.46. The topological polar surface area (TPSA) is 67.2 Å². The van der Waals surface area contributed by atoms with Crippen LogP contribution < -0.4 is 5.32 Å². The highest BCUT2D eigenvalue weighted by molar-refractivity contribution is 7.98. The largest absolute Gasteiger partial charge is 0.390 e. The molecule has 22 heavy (non-hydrogen) atoms. The second-order valence-electron chi connectivity index (χ2n) is 4.61. The van der Waals surface area contributed by atoms with Crippen LogP contribution in [0, 0.1) is 0 Å². The predicted octanol–water partition coefficient (Wildman–Crippen LogP) is 2.46. The zero-order valence-corrected chi connectivity index (χ0v) is 13.8. The fourth-order valence-electron chi connectivity index (χ4n) is 1.96. The standard InChI is InChI=1S/C15H18ClN3O2S/c1-2-17-14(21)8-19-12(9-20)7-18-15(19)22-10-11-5-3-4-6-13(11)16/h3-7,20H,2,8-10H2,1H3,(H,17,21). The number of rotatable bonds is 7. The van der Waals surface area contributed by atoms with Crippen molar-refractivity contribution in [3.8, 4) is 0 Å². The van der Waals surface area contributed by atoms with Gasteiger partial charge in [0.25, 0.3) is 0 Å². The van der Waals surface area contributed by atoms with Crippen molar-refractivity contribution >= 4 is 29.3 Å². The van der Waals surface area contributed by atoms with Gasteiger partial charge in [-0.3, -0.25) is 4.79 Å². The van der Waals surface area contributed by atoms with Gasteiger partial charge in [-0.25, -0.2) is 4.98 Å². The number of nitrogens with one attached hydrogen (secondary N) is 1. The van der Waals surface area contributed by atoms with Crippen LogP contribution in [0.5, 0.6) is 0 Å². The Kier molecular flexibility index (Phi) is 6.30. The summed E-state index contributed by atoms with van der Waals surface area (Å²) in [7, 11) is 0. The second kappa shape index (κ2) is 8.22. The molecule has 1 amide bonds. The van der Waals surface area contributed by atoms with Crippen molar-refractivity contribution in [3.63, 3.8) is 0 Å². The van der Waals surface area contributed by atoms with Crippen molar-refractivity contribution in [2.24, 2.45) is 0 Å². The van der Waals surface area contributed by atoms with Crippen LogP contribution in [0.3, 0.4) is 0 Å². The first-order valence-electron chi connectivity index (χ1n) is 6.93. The first kappa shape index (κ1) is 16.9. The minimum Gasteiger partial charge on any atom is -0.390 e. The summed E-state index contributed by atoms with van der Waals surface area (Å²) >= 11 is 7.63. The van der Waals surface area contributed by atoms with E-state index in [0.29, 0.717) is 28.2 Å². The molecule has 2 rings (SSSR count). The number of halogens is 1. The zero-order chi connectivity index (χ0) is 15.9. The molecule has 0 bridgehead atoms. The quantitative estimate of drug-likeness (QED) is 0.760. The Labute approximate surface area is 138 Å². The smallest absolute Gasteiger partial charge is 0.240 e. The summed E-state index contributed by atoms with van der Waals surface area (Å²) < 4.78 is 1.73. The summed E-state index contributed by atoms with van der Waals surface area (Å²) in [5.41, 5.74) is 1.63. The number of carbonyl (C=O) groups is 1. The molecule has 1 heterocycles. The SMILES string of the molecule is CCNC(=O)Cn1c(CO)cnc1SCc1ccccc1Cl. The van der Waals surface area contributed by atoms with Crippen molar-refractivity contribution < 1.29 is 9.90 Å². The average Bonchev–Trinajstić information content (AvgIpc) is 2.88. The molecule has 0 fully saturated rings. The summed E-state index contributed by atoms with van der Waals surface area (Å²) in [5.74, 6) is 0.548. The van der Waals surface area contributed by atoms with Gasteiger partial charge in [-0.2, -0.15) is 0 Å². The molecule has 1 aromatic carbocycles. The van der Waals surface area contributed by atoms with Crippen molar-refractivity contribution in [2.45, 2.75) is 31.0 Å². The van der Waals surface area contributed by atoms with E-state index in [2.05, 4.69) is 10.3 Å². The van der Waals surface area contributed by atoms with E-state index < -0.39 is 0 Å². The molecule has 118 valence electrons. The van der Waals surface area contributed by atoms with E-state index >= 15 is 0 Å². The number of aliphatic hydroxyl groups excluding tert-OH is 1. The minimum absolute atomic E-state index is 0.102. The lowest BCUT2D eigenvalue weighted by Gasteiger charge is -2.10. The number of aromatic nitrogens is 2. The number of carbonyl (C=O) groups excluding carboxylic acids is 1. The molecule has 5 nitrogen and oxygen atoms in total. The number of hydrogen-bond donors (Lipinski definition) is 2. The van der Waals surface area contributed by atoms with E-state index in [1.54, 1.807) is 10.8 Å². The number of benzene rings is 1. The van der Waals surface area contributed by atoms with Gasteiger partial charge in [-0.15, -0.1) is 0 Å². The lowest BCUT2D eigenvalue weighted by molar-refractivity contribution is -0.121. The Bertz CT molecular complexity index is 645. The third kappa shape index (κ3) is 4.25. The molecule has 0 radical (unpaired) electrons. The number of imidazole rings is 1. The number of nitrogens with zero attached hydrogens (tertiary/aromatic N) is 2. The summed E-state index contributed by atoms with van der Waals surface area (Å²) in [5, 5.41) is 13.5. The highest BCUT2D eigenvalue weighted by Crippen LogP contribution is 2.26. The van der Waals surface area contributed by atoms with E-state index in [-0.39, 0.29) is 19.1 Å². The van der Waals surface area contributed by atoms with Gasteiger partial charge in [0.2, 0.25) is 5.91 Å². The molecule has 0 unspecified atom stereocenters. The van der Waals surface area contributed by atoms with Crippen molar-refractivity contribution in [2.75, 3.05) is 6.54 Å². The monoisotopic (exact) mass is 339 g/mol. The van der Waals surface area contributed by atoms with Crippen LogP contribution in [-0.2, 0) is 23.7 Å². The zero-order valence-electron chi connectivity index (χ0n) is 12.3. The summed E-state index contributed by atoms with van der Waals surface area (Å²) in [4.78, 5) is 16.1. The number of amides is 1. The molecule has 1 aromatic heterocycles. The molecule has 0 spiro atoms. The highest BCUT2D eigenvalue weighted by Gasteiger charge is 2.13. The first-order valence-corrected chi connectivity index (χ1v) is 8.30. The van der Waals surface area contributed by atoms with Crippen LogP contribution >= 0.6 is 23.4 Å². The normalized spacial score (nSPS) is 10.7. The van der Waals surface area contributed by atoms with Crippen LogP contribution in [0.4, 0.5) is 0 Å². The molecular formula is C15H18ClN3O2S. The maximum Gasteiger partial charge on any atom is 0.240 e. The maximum absolute atomic E-state index is 11.8. The number of hydrogen-bond acceptors (Lipinski definition) is 4. The fourth-order valence-corrected chi connectivity index (χ4v) is 3.24. The van der Waals surface area contributed by atoms with E-state index in [0.717, 1.165) is 5.56 Å². The highest BCUT2D eigenvalue weighted by atomic mass is 35.5. The Morgan fingerprint density at radius 3 is 2.91 bits per heavy atom. The van der Waals surface area contributed by atoms with Crippen molar-refractivity contribution in [1.29, 1.82) is 0 Å². The number of aliphatic hydroxyl groups is 1. The molecule has 0 saturated heterocycles. The average molecular weight is 340 g/mol. The summed E-state index contributed by atoms with van der Waals surface area (Å²) in [6.07, 6.45) is 1.59. The molecule has 2 N–H and O–H groups in total. The van der Waals surface area contributed by atoms with Crippen molar-refractivity contribution in [3.05, 3.63) is 46.7 Å². The minimum atomic E-state index is -0.154. The number of likely N-dealkylation sites (N-methyl/N-ethyl adjacent to an activating group) is 1. The fraction of sp³-hybridized carbons (Fsp3) is 0.333. The molecule has 7 heteroatoms. The molecule has 0 aliphatic heterocycles. The first-order chi connectivity index (χ1) is 10.7. The predicted molar refractivity (Wildman–Crippen MR) is 87.8 cm³/mol. The van der Waals surface area contributed by atoms with Crippen LogP contribution in [0.1, 0.15) is 18.2 Å². The Balaban J connectivity index is 2.12. The Hall–Kier alpha value is -1.50. The van der Waals surface area contributed by atoms with Gasteiger partial charge in [0, 0.05) is 17.3 Å². The molecule has 2 aromatic rings. The van der Waals surface area contributed by atoms with Gasteiger partial charge in [0.15, 0.2) is 5.16 Å². The maximum atomic E-state index is 11.8. The molecule has 0 saturated carbocycles. The van der Waals surface area contributed by atoms with Gasteiger partial charge in [-0.1, -0.05) is 41.6 Å². The Morgan fingerprint density at radius 1 is 1.45 bits per heavy atom. The van der Waals surface area contributed by atoms with Gasteiger partial charge in [-0.05, 0) is 18.6 Å². The lowest BCUT2D eigenvalue weighted by atomic mass is 10.2. The van der Waals surface area contributed by atoms with Gasteiger partial charge in [0.05, 0.1) is 18.5 Å².